The molecule has 7 heteroatoms. The van der Waals surface area contributed by atoms with E-state index >= 15 is 0 Å². The number of anilines is 1. The molecule has 2 aromatic carbocycles. The molecule has 4 N–H and O–H groups in total. The maximum absolute atomic E-state index is 11.2. The second kappa shape index (κ2) is 9.36. The van der Waals surface area contributed by atoms with E-state index in [-0.39, 0.29) is 17.5 Å². The Morgan fingerprint density at radius 2 is 1.86 bits per heavy atom. The van der Waals surface area contributed by atoms with Gasteiger partial charge in [0, 0.05) is 24.6 Å². The van der Waals surface area contributed by atoms with Gasteiger partial charge in [-0.25, -0.2) is 0 Å². The summed E-state index contributed by atoms with van der Waals surface area (Å²) in [6.07, 6.45) is 1.92. The van der Waals surface area contributed by atoms with E-state index in [4.69, 9.17) is 10.5 Å². The zero-order valence-corrected chi connectivity index (χ0v) is 15.8. The molecule has 0 atom stereocenters. The van der Waals surface area contributed by atoms with E-state index in [1.807, 2.05) is 24.3 Å². The van der Waals surface area contributed by atoms with Crippen LogP contribution in [0.4, 0.5) is 5.82 Å². The van der Waals surface area contributed by atoms with Gasteiger partial charge in [0.05, 0.1) is 6.61 Å². The van der Waals surface area contributed by atoms with Gasteiger partial charge in [-0.15, -0.1) is 10.2 Å². The number of amides is 1. The van der Waals surface area contributed by atoms with Crippen molar-refractivity contribution in [3.05, 3.63) is 78.4 Å². The molecule has 3 rings (SSSR count). The van der Waals surface area contributed by atoms with E-state index < -0.39 is 0 Å². The number of aromatic nitrogens is 2. The second-order valence-corrected chi connectivity index (χ2v) is 6.33. The number of para-hydroxylation sites is 1. The Morgan fingerprint density at radius 1 is 1.14 bits per heavy atom. The largest absolute Gasteiger partial charge is 0.507 e. The molecule has 0 saturated heterocycles. The first-order chi connectivity index (χ1) is 14.1. The van der Waals surface area contributed by atoms with Crippen LogP contribution < -0.4 is 15.8 Å². The number of nitrogens with zero attached hydrogens (tertiary/aromatic N) is 2. The van der Waals surface area contributed by atoms with Gasteiger partial charge in [0.15, 0.2) is 11.6 Å². The smallest absolute Gasteiger partial charge is 0.243 e. The molecule has 3 aromatic rings. The number of benzene rings is 2. The van der Waals surface area contributed by atoms with Gasteiger partial charge in [-0.1, -0.05) is 43.0 Å². The predicted octanol–water partition coefficient (Wildman–Crippen LogP) is 2.86. The van der Waals surface area contributed by atoms with Gasteiger partial charge in [-0.3, -0.25) is 4.79 Å². The maximum atomic E-state index is 11.2. The van der Waals surface area contributed by atoms with Gasteiger partial charge in [0.1, 0.15) is 11.4 Å². The molecule has 29 heavy (non-hydrogen) atoms. The molecule has 0 unspecified atom stereocenters. The fourth-order valence-electron chi connectivity index (χ4n) is 2.69. The number of rotatable bonds is 8. The number of ether oxygens (including phenoxy) is 1. The lowest BCUT2D eigenvalue weighted by Crippen LogP contribution is -2.19. The molecule has 0 aliphatic rings. The van der Waals surface area contributed by atoms with E-state index in [1.54, 1.807) is 30.3 Å². The van der Waals surface area contributed by atoms with Crippen LogP contribution in [0.15, 0.2) is 67.3 Å². The summed E-state index contributed by atoms with van der Waals surface area (Å²) in [7, 11) is 0. The average molecular weight is 390 g/mol. The van der Waals surface area contributed by atoms with Crippen molar-refractivity contribution < 1.29 is 14.6 Å². The summed E-state index contributed by atoms with van der Waals surface area (Å²) < 4.78 is 5.79. The molecule has 148 valence electrons. The molecule has 0 aliphatic carbocycles. The quantitative estimate of drug-likeness (QED) is 0.510. The van der Waals surface area contributed by atoms with E-state index in [0.29, 0.717) is 36.6 Å². The van der Waals surface area contributed by atoms with Crippen molar-refractivity contribution in [1.82, 2.24) is 15.5 Å². The molecule has 0 spiro atoms. The number of hydrogen-bond acceptors (Lipinski definition) is 6. The minimum atomic E-state index is -0.200. The third-order valence-electron chi connectivity index (χ3n) is 4.29. The lowest BCUT2D eigenvalue weighted by Gasteiger charge is -2.10. The number of nitrogens with one attached hydrogen (secondary N) is 1. The third kappa shape index (κ3) is 5.32. The molecular weight excluding hydrogens is 368 g/mol. The van der Waals surface area contributed by atoms with Crippen molar-refractivity contribution in [2.45, 2.75) is 13.0 Å². The third-order valence-corrected chi connectivity index (χ3v) is 4.29. The fourth-order valence-corrected chi connectivity index (χ4v) is 2.69. The summed E-state index contributed by atoms with van der Waals surface area (Å²) in [4.78, 5) is 11.2. The van der Waals surface area contributed by atoms with Gasteiger partial charge >= 0.3 is 0 Å². The van der Waals surface area contributed by atoms with Crippen molar-refractivity contribution in [3.8, 4) is 22.8 Å². The Kier molecular flexibility index (Phi) is 6.42. The highest BCUT2D eigenvalue weighted by Gasteiger charge is 2.10. The van der Waals surface area contributed by atoms with E-state index in [1.165, 1.54) is 6.08 Å². The van der Waals surface area contributed by atoms with Crippen LogP contribution in [-0.2, 0) is 17.8 Å². The normalized spacial score (nSPS) is 10.3. The van der Waals surface area contributed by atoms with Crippen molar-refractivity contribution in [1.29, 1.82) is 0 Å². The Hall–Kier alpha value is -3.87. The summed E-state index contributed by atoms with van der Waals surface area (Å²) in [5.74, 6) is 0.524. The predicted molar refractivity (Wildman–Crippen MR) is 111 cm³/mol. The van der Waals surface area contributed by atoms with Gasteiger partial charge < -0.3 is 20.9 Å². The van der Waals surface area contributed by atoms with Crippen LogP contribution >= 0.6 is 0 Å². The number of phenols is 1. The Bertz CT molecular complexity index is 1000. The maximum Gasteiger partial charge on any atom is 0.243 e. The van der Waals surface area contributed by atoms with Crippen LogP contribution in [0.5, 0.6) is 11.5 Å². The van der Waals surface area contributed by atoms with E-state index in [9.17, 15) is 9.90 Å². The van der Waals surface area contributed by atoms with Crippen LogP contribution in [0.3, 0.4) is 0 Å². The van der Waals surface area contributed by atoms with Crippen LogP contribution in [0, 0.1) is 0 Å². The van der Waals surface area contributed by atoms with Gasteiger partial charge in [0.25, 0.3) is 0 Å². The molecule has 0 aliphatic heterocycles. The zero-order valence-electron chi connectivity index (χ0n) is 15.8. The minimum Gasteiger partial charge on any atom is -0.507 e. The van der Waals surface area contributed by atoms with Crippen molar-refractivity contribution >= 4 is 11.7 Å². The summed E-state index contributed by atoms with van der Waals surface area (Å²) >= 11 is 0. The molecule has 0 radical (unpaired) electrons. The van der Waals surface area contributed by atoms with Gasteiger partial charge in [-0.2, -0.15) is 0 Å². The average Bonchev–Trinajstić information content (AvgIpc) is 2.74. The number of aromatic hydroxyl groups is 1. The van der Waals surface area contributed by atoms with Gasteiger partial charge in [0.2, 0.25) is 5.91 Å². The highest BCUT2D eigenvalue weighted by molar-refractivity contribution is 5.86. The first-order valence-electron chi connectivity index (χ1n) is 9.09. The van der Waals surface area contributed by atoms with Gasteiger partial charge in [-0.05, 0) is 29.3 Å². The van der Waals surface area contributed by atoms with Crippen molar-refractivity contribution in [2.24, 2.45) is 0 Å². The first-order valence-corrected chi connectivity index (χ1v) is 9.09. The summed E-state index contributed by atoms with van der Waals surface area (Å²) in [5, 5.41) is 20.7. The number of nitrogen functional groups attached to an aromatic ring is 1. The second-order valence-electron chi connectivity index (χ2n) is 6.33. The van der Waals surface area contributed by atoms with Crippen LogP contribution in [0.25, 0.3) is 11.3 Å². The summed E-state index contributed by atoms with van der Waals surface area (Å²) in [6.45, 7) is 4.28. The Balaban J connectivity index is 1.59. The molecule has 0 fully saturated rings. The molecule has 0 bridgehead atoms. The molecule has 1 amide bonds. The van der Waals surface area contributed by atoms with Crippen LogP contribution in [-0.4, -0.2) is 27.8 Å². The Morgan fingerprint density at radius 3 is 2.59 bits per heavy atom. The number of carbonyl (C=O) groups excluding carboxylic acids is 1. The standard InChI is InChI=1S/C22H22N4O3/c1-2-21(28)24-14-16-9-7-15(8-10-16)11-12-29-20-13-18(25-26-22(20)23)17-5-3-4-6-19(17)27/h2-10,13,27H,1,11-12,14H2,(H2,23,26)(H,24,28). The Labute approximate surface area is 168 Å². The number of hydrogen-bond donors (Lipinski definition) is 3. The van der Waals surface area contributed by atoms with E-state index in [2.05, 4.69) is 22.1 Å². The molecule has 0 saturated carbocycles. The monoisotopic (exact) mass is 390 g/mol. The van der Waals surface area contributed by atoms with Crippen LogP contribution in [0.2, 0.25) is 0 Å². The summed E-state index contributed by atoms with van der Waals surface area (Å²) in [6, 6.07) is 16.4. The molecule has 7 nitrogen and oxygen atoms in total. The van der Waals surface area contributed by atoms with Crippen molar-refractivity contribution in [3.63, 3.8) is 0 Å². The lowest BCUT2D eigenvalue weighted by atomic mass is 10.1. The van der Waals surface area contributed by atoms with E-state index in [0.717, 1.165) is 11.1 Å². The van der Waals surface area contributed by atoms with Crippen molar-refractivity contribution in [2.75, 3.05) is 12.3 Å². The topological polar surface area (TPSA) is 110 Å². The number of phenolic OH excluding ortho intramolecular Hbond substituents is 1. The first kappa shape index (κ1) is 19.9. The molecule has 1 heterocycles. The highest BCUT2D eigenvalue weighted by Crippen LogP contribution is 2.30. The minimum absolute atomic E-state index is 0.113. The zero-order chi connectivity index (χ0) is 20.6. The number of carbonyl (C=O) groups is 1. The summed E-state index contributed by atoms with van der Waals surface area (Å²) in [5.41, 5.74) is 9.00. The van der Waals surface area contributed by atoms with Crippen LogP contribution in [0.1, 0.15) is 11.1 Å². The molecule has 1 aromatic heterocycles. The molecular formula is C22H22N4O3. The number of nitrogens with two attached hydrogens (primary N) is 1. The lowest BCUT2D eigenvalue weighted by molar-refractivity contribution is -0.116. The highest BCUT2D eigenvalue weighted by atomic mass is 16.5. The fraction of sp³-hybridized carbons (Fsp3) is 0.136. The SMILES string of the molecule is C=CC(=O)NCc1ccc(CCOc2cc(-c3ccccc3O)nnc2N)cc1.